The molecule has 12 nitrogen and oxygen atoms in total. The molecule has 0 unspecified atom stereocenters. The van der Waals surface area contributed by atoms with Crippen LogP contribution >= 0.6 is 0 Å². The van der Waals surface area contributed by atoms with Crippen LogP contribution in [0.25, 0.3) is 0 Å². The first-order chi connectivity index (χ1) is 11.1. The topological polar surface area (TPSA) is 220 Å². The molecule has 1 rings (SSSR count). The van der Waals surface area contributed by atoms with Gasteiger partial charge in [-0.1, -0.05) is 0 Å². The summed E-state index contributed by atoms with van der Waals surface area (Å²) in [6.45, 7) is -1.51. The van der Waals surface area contributed by atoms with Gasteiger partial charge in [-0.2, -0.15) is 0 Å². The van der Waals surface area contributed by atoms with Crippen molar-refractivity contribution in [1.82, 2.24) is 0 Å². The summed E-state index contributed by atoms with van der Waals surface area (Å²) in [5.41, 5.74) is 0. The smallest absolute Gasteiger partial charge is 0.186 e. The normalized spacial score (nSPS) is 35.9. The summed E-state index contributed by atoms with van der Waals surface area (Å²) < 4.78 is 9.86. The number of aliphatic hydroxyl groups excluding tert-OH is 8. The van der Waals surface area contributed by atoms with Crippen molar-refractivity contribution in [2.75, 3.05) is 13.2 Å². The number of aliphatic carboxylic acids is 1. The Labute approximate surface area is 135 Å². The maximum atomic E-state index is 10.4. The van der Waals surface area contributed by atoms with Crippen LogP contribution in [0.2, 0.25) is 0 Å². The van der Waals surface area contributed by atoms with E-state index in [-0.39, 0.29) is 0 Å². The molecule has 12 heteroatoms. The van der Waals surface area contributed by atoms with E-state index in [4.69, 9.17) is 19.7 Å². The van der Waals surface area contributed by atoms with E-state index in [1.165, 1.54) is 0 Å². The molecule has 142 valence electrons. The van der Waals surface area contributed by atoms with Crippen molar-refractivity contribution in [3.05, 3.63) is 0 Å². The lowest BCUT2D eigenvalue weighted by Gasteiger charge is -2.40. The Morgan fingerprint density at radius 3 is 2.12 bits per heavy atom. The number of carboxylic acids is 1. The molecule has 1 aliphatic rings. The molecule has 0 aliphatic carbocycles. The molecule has 9 atom stereocenters. The number of hydrogen-bond donors (Lipinski definition) is 8. The van der Waals surface area contributed by atoms with Gasteiger partial charge in [0.05, 0.1) is 19.2 Å². The van der Waals surface area contributed by atoms with Gasteiger partial charge in [-0.25, -0.2) is 0 Å². The predicted octanol–water partition coefficient (Wildman–Crippen LogP) is -7.00. The summed E-state index contributed by atoms with van der Waals surface area (Å²) in [4.78, 5) is 10.4. The Hall–Kier alpha value is -0.930. The third kappa shape index (κ3) is 4.80. The highest BCUT2D eigenvalue weighted by molar-refractivity contribution is 5.70. The van der Waals surface area contributed by atoms with Crippen LogP contribution in [0.3, 0.4) is 0 Å². The molecule has 1 heterocycles. The molecular formula is C12H21O12-. The Morgan fingerprint density at radius 2 is 1.62 bits per heavy atom. The minimum absolute atomic E-state index is 0.702. The molecular weight excluding hydrogens is 336 g/mol. The van der Waals surface area contributed by atoms with Crippen molar-refractivity contribution in [2.45, 2.75) is 55.1 Å². The quantitative estimate of drug-likeness (QED) is 0.203. The molecule has 0 aromatic carbocycles. The van der Waals surface area contributed by atoms with Crippen molar-refractivity contribution in [2.24, 2.45) is 0 Å². The number of aliphatic hydroxyl groups is 8. The van der Waals surface area contributed by atoms with Gasteiger partial charge in [0.15, 0.2) is 6.29 Å². The molecule has 8 N–H and O–H groups in total. The molecule has 0 radical (unpaired) electrons. The minimum Gasteiger partial charge on any atom is -0.547 e. The van der Waals surface area contributed by atoms with E-state index < -0.39 is 74.3 Å². The van der Waals surface area contributed by atoms with Crippen LogP contribution < -0.4 is 5.11 Å². The molecule has 0 amide bonds. The van der Waals surface area contributed by atoms with Gasteiger partial charge in [0.1, 0.15) is 48.8 Å². The van der Waals surface area contributed by atoms with Gasteiger partial charge >= 0.3 is 0 Å². The first-order valence-corrected chi connectivity index (χ1v) is 6.97. The number of hydrogen-bond acceptors (Lipinski definition) is 12. The summed E-state index contributed by atoms with van der Waals surface area (Å²) >= 11 is 0. The van der Waals surface area contributed by atoms with Crippen LogP contribution in [0.5, 0.6) is 0 Å². The van der Waals surface area contributed by atoms with Crippen LogP contribution in [-0.2, 0) is 14.3 Å². The van der Waals surface area contributed by atoms with Crippen LogP contribution in [0.15, 0.2) is 0 Å². The highest BCUT2D eigenvalue weighted by atomic mass is 16.7. The van der Waals surface area contributed by atoms with Gasteiger partial charge in [-0.3, -0.25) is 0 Å². The fraction of sp³-hybridized carbons (Fsp3) is 0.917. The van der Waals surface area contributed by atoms with Crippen LogP contribution in [0.1, 0.15) is 0 Å². The summed E-state index contributed by atoms with van der Waals surface area (Å²) in [5.74, 6) is -2.07. The van der Waals surface area contributed by atoms with Gasteiger partial charge in [-0.05, 0) is 0 Å². The average Bonchev–Trinajstić information content (AvgIpc) is 2.56. The molecule has 0 bridgehead atoms. The fourth-order valence-corrected chi connectivity index (χ4v) is 2.05. The molecule has 0 aromatic heterocycles. The van der Waals surface area contributed by atoms with Crippen molar-refractivity contribution in [3.8, 4) is 0 Å². The number of carbonyl (C=O) groups is 1. The van der Waals surface area contributed by atoms with E-state index in [2.05, 4.69) is 0 Å². The lowest BCUT2D eigenvalue weighted by atomic mass is 9.99. The summed E-state index contributed by atoms with van der Waals surface area (Å²) in [7, 11) is 0. The largest absolute Gasteiger partial charge is 0.547 e. The van der Waals surface area contributed by atoms with Gasteiger partial charge in [0.2, 0.25) is 0 Å². The average molecular weight is 357 g/mol. The lowest BCUT2D eigenvalue weighted by Crippen LogP contribution is -2.59. The lowest BCUT2D eigenvalue weighted by molar-refractivity contribution is -0.321. The summed E-state index contributed by atoms with van der Waals surface area (Å²) in [6, 6.07) is 0. The standard InChI is InChI=1S/C12H22O12/c13-1-4-6(16)8(18)10(20)12(24-4)23-2-3(14)5(15)7(17)9(19)11(21)22/h3-10,12-20H,1-2H2,(H,21,22)/p-1/t3-,4-,5-,6+,7+,8+,9-,10-,12+/m1/s1. The third-order valence-corrected chi connectivity index (χ3v) is 3.59. The maximum Gasteiger partial charge on any atom is 0.186 e. The predicted molar refractivity (Wildman–Crippen MR) is 68.8 cm³/mol. The van der Waals surface area contributed by atoms with Crippen molar-refractivity contribution < 1.29 is 60.2 Å². The zero-order valence-electron chi connectivity index (χ0n) is 12.3. The number of carbonyl (C=O) groups excluding carboxylic acids is 1. The van der Waals surface area contributed by atoms with Gasteiger partial charge in [0.25, 0.3) is 0 Å². The zero-order valence-corrected chi connectivity index (χ0v) is 12.3. The summed E-state index contributed by atoms with van der Waals surface area (Å²) in [6.07, 6.45) is -16.7. The number of rotatable bonds is 8. The summed E-state index contributed by atoms with van der Waals surface area (Å²) in [5, 5.41) is 85.7. The van der Waals surface area contributed by atoms with E-state index in [0.717, 1.165) is 0 Å². The molecule has 1 fully saturated rings. The molecule has 1 saturated heterocycles. The molecule has 0 saturated carbocycles. The molecule has 1 aliphatic heterocycles. The van der Waals surface area contributed by atoms with Crippen molar-refractivity contribution in [1.29, 1.82) is 0 Å². The monoisotopic (exact) mass is 357 g/mol. The van der Waals surface area contributed by atoms with E-state index in [9.17, 15) is 40.5 Å². The Kier molecular flexibility index (Phi) is 7.88. The Morgan fingerprint density at radius 1 is 1.04 bits per heavy atom. The molecule has 0 spiro atoms. The van der Waals surface area contributed by atoms with Crippen LogP contribution in [0, 0.1) is 0 Å². The second-order valence-corrected chi connectivity index (χ2v) is 5.34. The second kappa shape index (κ2) is 8.96. The van der Waals surface area contributed by atoms with Crippen LogP contribution in [0.4, 0.5) is 0 Å². The van der Waals surface area contributed by atoms with Gasteiger partial charge in [-0.15, -0.1) is 0 Å². The highest BCUT2D eigenvalue weighted by Crippen LogP contribution is 2.22. The number of carboxylic acid groups (broad SMARTS) is 1. The van der Waals surface area contributed by atoms with E-state index in [0.29, 0.717) is 0 Å². The molecule has 0 aromatic rings. The third-order valence-electron chi connectivity index (χ3n) is 3.59. The second-order valence-electron chi connectivity index (χ2n) is 5.34. The van der Waals surface area contributed by atoms with E-state index in [1.807, 2.05) is 0 Å². The van der Waals surface area contributed by atoms with Crippen molar-refractivity contribution in [3.63, 3.8) is 0 Å². The van der Waals surface area contributed by atoms with E-state index in [1.54, 1.807) is 0 Å². The Bertz CT molecular complexity index is 403. The number of ether oxygens (including phenoxy) is 2. The van der Waals surface area contributed by atoms with Crippen LogP contribution in [-0.4, -0.2) is 115 Å². The highest BCUT2D eigenvalue weighted by Gasteiger charge is 2.44. The minimum atomic E-state index is -2.46. The zero-order chi connectivity index (χ0) is 18.6. The van der Waals surface area contributed by atoms with E-state index >= 15 is 0 Å². The van der Waals surface area contributed by atoms with Gasteiger partial charge in [0, 0.05) is 0 Å². The Balaban J connectivity index is 2.59. The SMILES string of the molecule is O=C([O-])[C@H](O)[C@@H](O)[C@H](O)[C@H](O)CO[C@H]1O[C@H](CO)[C@H](O)[C@H](O)[C@H]1O. The molecule has 24 heavy (non-hydrogen) atoms. The first kappa shape index (κ1) is 21.1. The van der Waals surface area contributed by atoms with Gasteiger partial charge < -0.3 is 60.2 Å². The fourth-order valence-electron chi connectivity index (χ4n) is 2.05. The first-order valence-electron chi connectivity index (χ1n) is 6.97. The maximum absolute atomic E-state index is 10.4. The van der Waals surface area contributed by atoms with Crippen molar-refractivity contribution >= 4 is 5.97 Å².